The summed E-state index contributed by atoms with van der Waals surface area (Å²) >= 11 is 0. The molecule has 2 aromatic rings. The average Bonchev–Trinajstić information content (AvgIpc) is 2.48. The van der Waals surface area contributed by atoms with Gasteiger partial charge in [0, 0.05) is 29.9 Å². The third-order valence-corrected chi connectivity index (χ3v) is 4.61. The van der Waals surface area contributed by atoms with Crippen molar-refractivity contribution >= 4 is 16.6 Å². The van der Waals surface area contributed by atoms with E-state index in [4.69, 9.17) is 0 Å². The van der Waals surface area contributed by atoms with Gasteiger partial charge in [0.1, 0.15) is 0 Å². The van der Waals surface area contributed by atoms with Gasteiger partial charge < -0.3 is 10.2 Å². The Morgan fingerprint density at radius 3 is 2.84 bits per heavy atom. The summed E-state index contributed by atoms with van der Waals surface area (Å²) in [5.41, 5.74) is 2.31. The molecule has 1 unspecified atom stereocenters. The number of hydrogen-bond acceptors (Lipinski definition) is 3. The number of anilines is 1. The summed E-state index contributed by atoms with van der Waals surface area (Å²) in [5, 5.41) is 4.95. The minimum atomic E-state index is 0.622. The predicted octanol–water partition coefficient (Wildman–Crippen LogP) is 2.74. The zero-order chi connectivity index (χ0) is 12.7. The quantitative estimate of drug-likeness (QED) is 0.892. The highest BCUT2D eigenvalue weighted by atomic mass is 15.2. The van der Waals surface area contributed by atoms with E-state index in [1.54, 1.807) is 0 Å². The van der Waals surface area contributed by atoms with Crippen molar-refractivity contribution in [3.8, 4) is 0 Å². The van der Waals surface area contributed by atoms with Gasteiger partial charge in [0.25, 0.3) is 0 Å². The lowest BCUT2D eigenvalue weighted by molar-refractivity contribution is 0.0975. The summed E-state index contributed by atoms with van der Waals surface area (Å²) in [5.74, 6) is 0.856. The van der Waals surface area contributed by atoms with Crippen LogP contribution in [-0.4, -0.2) is 35.6 Å². The molecule has 1 aromatic heterocycles. The van der Waals surface area contributed by atoms with Crippen LogP contribution < -0.4 is 5.32 Å². The Kier molecular flexibility index (Phi) is 2.66. The van der Waals surface area contributed by atoms with Crippen molar-refractivity contribution in [3.63, 3.8) is 0 Å². The Morgan fingerprint density at radius 1 is 1.16 bits per heavy atom. The molecule has 3 nitrogen and oxygen atoms in total. The Bertz CT molecular complexity index is 587. The van der Waals surface area contributed by atoms with Crippen molar-refractivity contribution < 1.29 is 0 Å². The average molecular weight is 253 g/mol. The highest BCUT2D eigenvalue weighted by Crippen LogP contribution is 2.30. The molecule has 3 saturated heterocycles. The van der Waals surface area contributed by atoms with Crippen LogP contribution in [0.3, 0.4) is 0 Å². The minimum absolute atomic E-state index is 0.622. The second-order valence-corrected chi connectivity index (χ2v) is 5.80. The van der Waals surface area contributed by atoms with Gasteiger partial charge in [-0.15, -0.1) is 0 Å². The van der Waals surface area contributed by atoms with Crippen molar-refractivity contribution in [1.82, 2.24) is 9.88 Å². The minimum Gasteiger partial charge on any atom is -0.381 e. The molecule has 3 aliphatic heterocycles. The number of nitrogens with zero attached hydrogens (tertiary/aromatic N) is 2. The Balaban J connectivity index is 1.58. The van der Waals surface area contributed by atoms with Crippen LogP contribution in [0, 0.1) is 5.92 Å². The Hall–Kier alpha value is -1.61. The van der Waals surface area contributed by atoms with Gasteiger partial charge in [0.2, 0.25) is 0 Å². The van der Waals surface area contributed by atoms with Crippen molar-refractivity contribution in [2.45, 2.75) is 18.9 Å². The molecule has 5 rings (SSSR count). The van der Waals surface area contributed by atoms with Gasteiger partial charge in [-0.25, -0.2) is 0 Å². The number of pyridine rings is 1. The molecule has 98 valence electrons. The molecule has 1 aromatic carbocycles. The number of rotatable bonds is 2. The molecule has 19 heavy (non-hydrogen) atoms. The molecule has 0 spiro atoms. The lowest BCUT2D eigenvalue weighted by atomic mass is 9.84. The number of nitrogens with one attached hydrogen (secondary N) is 1. The van der Waals surface area contributed by atoms with E-state index in [1.165, 1.54) is 43.5 Å². The van der Waals surface area contributed by atoms with Gasteiger partial charge in [-0.05, 0) is 56.1 Å². The van der Waals surface area contributed by atoms with Gasteiger partial charge in [-0.3, -0.25) is 4.98 Å². The van der Waals surface area contributed by atoms with E-state index in [9.17, 15) is 0 Å². The Labute approximate surface area is 113 Å². The fraction of sp³-hybridized carbons (Fsp3) is 0.438. The number of aromatic nitrogens is 1. The monoisotopic (exact) mass is 253 g/mol. The maximum absolute atomic E-state index is 4.37. The number of hydrogen-bond donors (Lipinski definition) is 1. The molecule has 4 heterocycles. The van der Waals surface area contributed by atoms with Crippen molar-refractivity contribution in [2.24, 2.45) is 5.92 Å². The van der Waals surface area contributed by atoms with Crippen LogP contribution in [0.15, 0.2) is 36.5 Å². The lowest BCUT2D eigenvalue weighted by Gasteiger charge is -2.45. The molecule has 0 radical (unpaired) electrons. The number of piperidine rings is 3. The van der Waals surface area contributed by atoms with Crippen LogP contribution in [0.25, 0.3) is 10.9 Å². The molecule has 0 saturated carbocycles. The largest absolute Gasteiger partial charge is 0.381 e. The van der Waals surface area contributed by atoms with Crippen LogP contribution in [-0.2, 0) is 0 Å². The summed E-state index contributed by atoms with van der Waals surface area (Å²) in [7, 11) is 0. The van der Waals surface area contributed by atoms with Crippen molar-refractivity contribution in [1.29, 1.82) is 0 Å². The zero-order valence-corrected chi connectivity index (χ0v) is 11.0. The first-order valence-electron chi connectivity index (χ1n) is 7.22. The Morgan fingerprint density at radius 2 is 2.05 bits per heavy atom. The fourth-order valence-corrected chi connectivity index (χ4v) is 3.51. The van der Waals surface area contributed by atoms with E-state index in [0.29, 0.717) is 6.04 Å². The SMILES string of the molecule is c1cnc2ccc(NC3CN4CCC3CC4)cc2c1. The fourth-order valence-electron chi connectivity index (χ4n) is 3.51. The third-order valence-electron chi connectivity index (χ3n) is 4.61. The summed E-state index contributed by atoms with van der Waals surface area (Å²) in [4.78, 5) is 6.95. The predicted molar refractivity (Wildman–Crippen MR) is 78.3 cm³/mol. The van der Waals surface area contributed by atoms with E-state index >= 15 is 0 Å². The number of benzene rings is 1. The van der Waals surface area contributed by atoms with Crippen LogP contribution in [0.5, 0.6) is 0 Å². The van der Waals surface area contributed by atoms with Crippen LogP contribution in [0.2, 0.25) is 0 Å². The van der Waals surface area contributed by atoms with Gasteiger partial charge in [-0.2, -0.15) is 0 Å². The van der Waals surface area contributed by atoms with Crippen molar-refractivity contribution in [3.05, 3.63) is 36.5 Å². The highest BCUT2D eigenvalue weighted by molar-refractivity contribution is 5.82. The first-order chi connectivity index (χ1) is 9.38. The summed E-state index contributed by atoms with van der Waals surface area (Å²) in [6.07, 6.45) is 4.56. The summed E-state index contributed by atoms with van der Waals surface area (Å²) in [6, 6.07) is 11.2. The highest BCUT2D eigenvalue weighted by Gasteiger charge is 2.33. The van der Waals surface area contributed by atoms with E-state index in [2.05, 4.69) is 39.5 Å². The standard InChI is InChI=1S/C16H19N3/c1-2-13-10-14(3-4-15(13)17-7-1)18-16-11-19-8-5-12(16)6-9-19/h1-4,7,10,12,16,18H,5-6,8-9,11H2. The second-order valence-electron chi connectivity index (χ2n) is 5.80. The van der Waals surface area contributed by atoms with Crippen LogP contribution in [0.4, 0.5) is 5.69 Å². The summed E-state index contributed by atoms with van der Waals surface area (Å²) in [6.45, 7) is 3.80. The van der Waals surface area contributed by atoms with E-state index in [1.807, 2.05) is 12.3 Å². The van der Waals surface area contributed by atoms with E-state index in [0.717, 1.165) is 11.4 Å². The normalized spacial score (nSPS) is 29.6. The smallest absolute Gasteiger partial charge is 0.0703 e. The molecular formula is C16H19N3. The molecule has 0 aliphatic carbocycles. The third kappa shape index (κ3) is 2.08. The first-order valence-corrected chi connectivity index (χ1v) is 7.22. The number of fused-ring (bicyclic) bond motifs is 4. The molecular weight excluding hydrogens is 234 g/mol. The second kappa shape index (κ2) is 4.49. The zero-order valence-electron chi connectivity index (χ0n) is 11.0. The topological polar surface area (TPSA) is 28.2 Å². The maximum Gasteiger partial charge on any atom is 0.0703 e. The van der Waals surface area contributed by atoms with Gasteiger partial charge in [-0.1, -0.05) is 6.07 Å². The van der Waals surface area contributed by atoms with Gasteiger partial charge >= 0.3 is 0 Å². The van der Waals surface area contributed by atoms with Gasteiger partial charge in [0.05, 0.1) is 5.52 Å². The first kappa shape index (κ1) is 11.2. The lowest BCUT2D eigenvalue weighted by Crippen LogP contribution is -2.53. The molecule has 3 heteroatoms. The molecule has 3 aliphatic rings. The van der Waals surface area contributed by atoms with Crippen molar-refractivity contribution in [2.75, 3.05) is 25.0 Å². The maximum atomic E-state index is 4.37. The molecule has 0 amide bonds. The molecule has 1 atom stereocenters. The molecule has 1 N–H and O–H groups in total. The molecule has 2 bridgehead atoms. The summed E-state index contributed by atoms with van der Waals surface area (Å²) < 4.78 is 0. The van der Waals surface area contributed by atoms with Gasteiger partial charge in [0.15, 0.2) is 0 Å². The molecule has 3 fully saturated rings. The van der Waals surface area contributed by atoms with E-state index in [-0.39, 0.29) is 0 Å². The van der Waals surface area contributed by atoms with Crippen LogP contribution >= 0.6 is 0 Å². The van der Waals surface area contributed by atoms with Crippen LogP contribution in [0.1, 0.15) is 12.8 Å². The van der Waals surface area contributed by atoms with E-state index < -0.39 is 0 Å².